The van der Waals surface area contributed by atoms with Crippen LogP contribution in [0.25, 0.3) is 0 Å². The first-order chi connectivity index (χ1) is 9.17. The highest BCUT2D eigenvalue weighted by molar-refractivity contribution is 5.89. The number of carbonyl (C=O) groups is 1. The summed E-state index contributed by atoms with van der Waals surface area (Å²) in [6.45, 7) is 8.35. The molecule has 0 saturated heterocycles. The van der Waals surface area contributed by atoms with E-state index < -0.39 is 5.97 Å². The van der Waals surface area contributed by atoms with Crippen molar-refractivity contribution in [3.63, 3.8) is 0 Å². The van der Waals surface area contributed by atoms with Crippen molar-refractivity contribution >= 4 is 5.97 Å². The maximum atomic E-state index is 11.8. The average molecular weight is 282 g/mol. The molecule has 2 rings (SSSR count). The summed E-state index contributed by atoms with van der Waals surface area (Å²) >= 11 is 0. The number of aliphatic hydroxyl groups excluding tert-OH is 1. The molecule has 0 bridgehead atoms. The normalized spacial score (nSPS) is 34.0. The Morgan fingerprint density at radius 3 is 2.55 bits per heavy atom. The molecule has 0 spiro atoms. The van der Waals surface area contributed by atoms with Gasteiger partial charge in [-0.15, -0.1) is 0 Å². The lowest BCUT2D eigenvalue weighted by Gasteiger charge is -2.42. The Bertz CT molecular complexity index is 432. The Morgan fingerprint density at radius 2 is 2.00 bits per heavy atom. The van der Waals surface area contributed by atoms with Crippen LogP contribution in [0.3, 0.4) is 0 Å². The summed E-state index contributed by atoms with van der Waals surface area (Å²) in [5, 5.41) is 10.1. The third-order valence-corrected chi connectivity index (χ3v) is 4.72. The van der Waals surface area contributed by atoms with Gasteiger partial charge in [0.15, 0.2) is 0 Å². The van der Waals surface area contributed by atoms with Gasteiger partial charge in [-0.25, -0.2) is 4.79 Å². The minimum atomic E-state index is -0.413. The van der Waals surface area contributed by atoms with E-state index in [4.69, 9.17) is 9.47 Å². The van der Waals surface area contributed by atoms with E-state index >= 15 is 0 Å². The summed E-state index contributed by atoms with van der Waals surface area (Å²) in [6.07, 6.45) is 3.25. The van der Waals surface area contributed by atoms with Crippen molar-refractivity contribution in [1.82, 2.24) is 0 Å². The molecule has 1 fully saturated rings. The largest absolute Gasteiger partial charge is 0.512 e. The summed E-state index contributed by atoms with van der Waals surface area (Å²) in [7, 11) is 1.36. The topological polar surface area (TPSA) is 55.8 Å². The van der Waals surface area contributed by atoms with Gasteiger partial charge in [0, 0.05) is 11.8 Å². The number of rotatable bonds is 2. The van der Waals surface area contributed by atoms with Gasteiger partial charge in [-0.2, -0.15) is 0 Å². The van der Waals surface area contributed by atoms with E-state index in [1.54, 1.807) is 0 Å². The van der Waals surface area contributed by atoms with E-state index in [1.807, 2.05) is 0 Å². The molecule has 0 aromatic carbocycles. The number of ether oxygens (including phenoxy) is 2. The molecule has 1 N–H and O–H groups in total. The zero-order valence-corrected chi connectivity index (χ0v) is 13.2. The van der Waals surface area contributed by atoms with Crippen LogP contribution in [0.2, 0.25) is 0 Å². The number of aliphatic hydroxyl groups is 1. The Labute approximate surface area is 121 Å². The highest BCUT2D eigenvalue weighted by atomic mass is 16.5. The molecule has 0 heterocycles. The molecular formula is C16H26O4. The van der Waals surface area contributed by atoms with Crippen LogP contribution < -0.4 is 0 Å². The quantitative estimate of drug-likeness (QED) is 0.789. The van der Waals surface area contributed by atoms with Crippen LogP contribution in [0.5, 0.6) is 0 Å². The van der Waals surface area contributed by atoms with Gasteiger partial charge in [-0.3, -0.25) is 0 Å². The molecule has 4 nitrogen and oxygen atoms in total. The van der Waals surface area contributed by atoms with Crippen LogP contribution in [0.15, 0.2) is 11.3 Å². The van der Waals surface area contributed by atoms with Crippen LogP contribution in [-0.2, 0) is 14.3 Å². The lowest BCUT2D eigenvalue weighted by Crippen LogP contribution is -2.42. The van der Waals surface area contributed by atoms with Crippen LogP contribution in [-0.4, -0.2) is 29.9 Å². The summed E-state index contributed by atoms with van der Waals surface area (Å²) < 4.78 is 11.0. The van der Waals surface area contributed by atoms with Crippen molar-refractivity contribution in [3.05, 3.63) is 11.3 Å². The molecule has 0 amide bonds. The Morgan fingerprint density at radius 1 is 1.35 bits per heavy atom. The highest BCUT2D eigenvalue weighted by Crippen LogP contribution is 2.55. The van der Waals surface area contributed by atoms with E-state index in [0.717, 1.165) is 12.8 Å². The van der Waals surface area contributed by atoms with E-state index in [1.165, 1.54) is 7.11 Å². The van der Waals surface area contributed by atoms with E-state index in [2.05, 4.69) is 27.7 Å². The van der Waals surface area contributed by atoms with E-state index in [0.29, 0.717) is 24.3 Å². The lowest BCUT2D eigenvalue weighted by molar-refractivity contribution is -0.139. The van der Waals surface area contributed by atoms with Gasteiger partial charge in [-0.1, -0.05) is 6.92 Å². The fourth-order valence-electron chi connectivity index (χ4n) is 3.64. The standard InChI is InChI=1S/C16H26O4/c1-15(2,3)20-13-7-6-10-8-12(17)11(14(18)19-5)9-16(10,13)4/h10,13,17H,6-9H2,1-5H3/t10-,13-,16-/m0/s1. The van der Waals surface area contributed by atoms with E-state index in [-0.39, 0.29) is 22.9 Å². The molecular weight excluding hydrogens is 256 g/mol. The number of methoxy groups -OCH3 is 1. The monoisotopic (exact) mass is 282 g/mol. The third-order valence-electron chi connectivity index (χ3n) is 4.72. The smallest absolute Gasteiger partial charge is 0.337 e. The molecule has 1 saturated carbocycles. The van der Waals surface area contributed by atoms with Crippen LogP contribution in [0.4, 0.5) is 0 Å². The maximum absolute atomic E-state index is 11.8. The molecule has 0 unspecified atom stereocenters. The predicted molar refractivity (Wildman–Crippen MR) is 76.4 cm³/mol. The highest BCUT2D eigenvalue weighted by Gasteiger charge is 2.52. The summed E-state index contributed by atoms with van der Waals surface area (Å²) in [5.41, 5.74) is 0.135. The first-order valence-electron chi connectivity index (χ1n) is 7.34. The zero-order chi connectivity index (χ0) is 15.1. The van der Waals surface area contributed by atoms with Crippen molar-refractivity contribution in [2.75, 3.05) is 7.11 Å². The first-order valence-corrected chi connectivity index (χ1v) is 7.34. The number of hydrogen-bond donors (Lipinski definition) is 1. The number of fused-ring (bicyclic) bond motifs is 1. The van der Waals surface area contributed by atoms with Crippen LogP contribution >= 0.6 is 0 Å². The molecule has 0 aromatic rings. The van der Waals surface area contributed by atoms with Gasteiger partial charge in [0.25, 0.3) is 0 Å². The zero-order valence-electron chi connectivity index (χ0n) is 13.2. The SMILES string of the molecule is COC(=O)C1=C(O)C[C@@H]2CC[C@H](OC(C)(C)C)[C@@]2(C)C1. The molecule has 2 aliphatic rings. The van der Waals surface area contributed by atoms with Gasteiger partial charge in [0.1, 0.15) is 5.76 Å². The maximum Gasteiger partial charge on any atom is 0.337 e. The third kappa shape index (κ3) is 2.71. The predicted octanol–water partition coefficient (Wildman–Crippen LogP) is 3.37. The Kier molecular flexibility index (Phi) is 3.89. The van der Waals surface area contributed by atoms with Crippen molar-refractivity contribution in [1.29, 1.82) is 0 Å². The van der Waals surface area contributed by atoms with Gasteiger partial charge in [0.2, 0.25) is 0 Å². The second-order valence-electron chi connectivity index (χ2n) is 7.30. The van der Waals surface area contributed by atoms with Crippen molar-refractivity contribution in [2.24, 2.45) is 11.3 Å². The summed E-state index contributed by atoms with van der Waals surface area (Å²) in [6, 6.07) is 0. The molecule has 114 valence electrons. The second-order valence-corrected chi connectivity index (χ2v) is 7.30. The number of allylic oxidation sites excluding steroid dienone is 1. The Hall–Kier alpha value is -1.03. The number of esters is 1. The van der Waals surface area contributed by atoms with Crippen molar-refractivity contribution < 1.29 is 19.4 Å². The lowest BCUT2D eigenvalue weighted by atomic mass is 9.68. The summed E-state index contributed by atoms with van der Waals surface area (Å²) in [4.78, 5) is 11.8. The minimum Gasteiger partial charge on any atom is -0.512 e. The first kappa shape index (κ1) is 15.4. The molecule has 2 aliphatic carbocycles. The molecule has 20 heavy (non-hydrogen) atoms. The number of carbonyl (C=O) groups excluding carboxylic acids is 1. The fourth-order valence-corrected chi connectivity index (χ4v) is 3.64. The van der Waals surface area contributed by atoms with E-state index in [9.17, 15) is 9.90 Å². The minimum absolute atomic E-state index is 0.0942. The summed E-state index contributed by atoms with van der Waals surface area (Å²) in [5.74, 6) is 0.169. The van der Waals surface area contributed by atoms with Gasteiger partial charge in [0.05, 0.1) is 24.4 Å². The van der Waals surface area contributed by atoms with Crippen molar-refractivity contribution in [2.45, 2.75) is 65.1 Å². The average Bonchev–Trinajstić information content (AvgIpc) is 2.63. The molecule has 0 radical (unpaired) electrons. The van der Waals surface area contributed by atoms with Crippen LogP contribution in [0.1, 0.15) is 53.4 Å². The van der Waals surface area contributed by atoms with Crippen molar-refractivity contribution in [3.8, 4) is 0 Å². The van der Waals surface area contributed by atoms with Gasteiger partial charge >= 0.3 is 5.97 Å². The fraction of sp³-hybridized carbons (Fsp3) is 0.812. The molecule has 0 aliphatic heterocycles. The molecule has 4 heteroatoms. The molecule has 3 atom stereocenters. The second kappa shape index (κ2) is 5.06. The van der Waals surface area contributed by atoms with Gasteiger partial charge < -0.3 is 14.6 Å². The molecule has 0 aromatic heterocycles. The number of hydrogen-bond acceptors (Lipinski definition) is 4. The van der Waals surface area contributed by atoms with Gasteiger partial charge in [-0.05, 0) is 46.0 Å². The van der Waals surface area contributed by atoms with Crippen LogP contribution in [0, 0.1) is 11.3 Å². The Balaban J connectivity index is 2.25.